The maximum absolute atomic E-state index is 11.2. The second-order valence-corrected chi connectivity index (χ2v) is 4.14. The van der Waals surface area contributed by atoms with Gasteiger partial charge < -0.3 is 11.1 Å². The largest absolute Gasteiger partial charge is 0.343 e. The number of nitrogens with one attached hydrogen (secondary N) is 1. The van der Waals surface area contributed by atoms with Crippen LogP contribution in [0.2, 0.25) is 0 Å². The molecule has 0 bridgehead atoms. The normalized spacial score (nSPS) is 10.7. The van der Waals surface area contributed by atoms with Crippen LogP contribution in [0.15, 0.2) is 0 Å². The zero-order chi connectivity index (χ0) is 11.0. The number of nitrogens with zero attached hydrogens (tertiary/aromatic N) is 1. The van der Waals surface area contributed by atoms with Gasteiger partial charge in [0.1, 0.15) is 6.54 Å². The molecule has 4 nitrogen and oxygen atoms in total. The Morgan fingerprint density at radius 2 is 2.14 bits per heavy atom. The van der Waals surface area contributed by atoms with Crippen LogP contribution in [-0.2, 0) is 4.79 Å². The molecule has 0 unspecified atom stereocenters. The van der Waals surface area contributed by atoms with Crippen LogP contribution in [0.4, 0.5) is 0 Å². The van der Waals surface area contributed by atoms with Gasteiger partial charge in [-0.15, -0.1) is 0 Å². The Balaban J connectivity index is 3.71. The molecule has 0 rings (SSSR count). The third kappa shape index (κ3) is 6.44. The standard InChI is InChI=1S/C10H19N3O/c1-10(2,5-6-11)4-3-9(14)13-8-7-12/h3-6,8,11H2,1-2H3,(H,13,14). The summed E-state index contributed by atoms with van der Waals surface area (Å²) in [4.78, 5) is 11.2. The Hall–Kier alpha value is -1.08. The SMILES string of the molecule is CC(C)(CCN)CCC(=O)NCC#N. The minimum absolute atomic E-state index is 0.0587. The fraction of sp³-hybridized carbons (Fsp3) is 0.800. The maximum atomic E-state index is 11.2. The third-order valence-electron chi connectivity index (χ3n) is 2.21. The fourth-order valence-electron chi connectivity index (χ4n) is 1.19. The van der Waals surface area contributed by atoms with Gasteiger partial charge in [0.2, 0.25) is 5.91 Å². The van der Waals surface area contributed by atoms with Crippen molar-refractivity contribution >= 4 is 5.91 Å². The van der Waals surface area contributed by atoms with Gasteiger partial charge in [0.15, 0.2) is 0 Å². The number of nitrogens with two attached hydrogens (primary N) is 1. The van der Waals surface area contributed by atoms with Crippen molar-refractivity contribution < 1.29 is 4.79 Å². The number of nitriles is 1. The van der Waals surface area contributed by atoms with Gasteiger partial charge in [0.25, 0.3) is 0 Å². The van der Waals surface area contributed by atoms with E-state index >= 15 is 0 Å². The van der Waals surface area contributed by atoms with Gasteiger partial charge in [-0.1, -0.05) is 13.8 Å². The van der Waals surface area contributed by atoms with Crippen molar-refractivity contribution in [2.24, 2.45) is 11.1 Å². The Kier molecular flexibility index (Phi) is 5.89. The molecule has 3 N–H and O–H groups in total. The molecule has 0 aliphatic carbocycles. The maximum Gasteiger partial charge on any atom is 0.220 e. The predicted octanol–water partition coefficient (Wildman–Crippen LogP) is 0.781. The van der Waals surface area contributed by atoms with Crippen molar-refractivity contribution in [2.45, 2.75) is 33.1 Å². The van der Waals surface area contributed by atoms with E-state index in [1.165, 1.54) is 0 Å². The highest BCUT2D eigenvalue weighted by Crippen LogP contribution is 2.25. The second-order valence-electron chi connectivity index (χ2n) is 4.14. The summed E-state index contributed by atoms with van der Waals surface area (Å²) in [6, 6.07) is 1.87. The summed E-state index contributed by atoms with van der Waals surface area (Å²) in [6.45, 7) is 4.93. The van der Waals surface area contributed by atoms with E-state index in [-0.39, 0.29) is 17.9 Å². The Bertz CT molecular complexity index is 218. The van der Waals surface area contributed by atoms with Gasteiger partial charge in [0.05, 0.1) is 6.07 Å². The molecule has 0 aromatic carbocycles. The van der Waals surface area contributed by atoms with E-state index in [1.807, 2.05) is 6.07 Å². The van der Waals surface area contributed by atoms with E-state index < -0.39 is 0 Å². The van der Waals surface area contributed by atoms with Crippen LogP contribution < -0.4 is 11.1 Å². The summed E-state index contributed by atoms with van der Waals surface area (Å²) in [5.74, 6) is -0.0587. The van der Waals surface area contributed by atoms with E-state index in [1.54, 1.807) is 0 Å². The summed E-state index contributed by atoms with van der Waals surface area (Å²) >= 11 is 0. The van der Waals surface area contributed by atoms with Crippen LogP contribution in [0, 0.1) is 16.7 Å². The molecule has 14 heavy (non-hydrogen) atoms. The first kappa shape index (κ1) is 12.9. The molecule has 0 saturated heterocycles. The number of rotatable bonds is 6. The smallest absolute Gasteiger partial charge is 0.220 e. The Morgan fingerprint density at radius 1 is 1.50 bits per heavy atom. The lowest BCUT2D eigenvalue weighted by molar-refractivity contribution is -0.121. The molecule has 0 atom stereocenters. The average molecular weight is 197 g/mol. The molecule has 0 aromatic heterocycles. The van der Waals surface area contributed by atoms with E-state index in [0.717, 1.165) is 12.8 Å². The van der Waals surface area contributed by atoms with E-state index in [4.69, 9.17) is 11.0 Å². The number of carbonyl (C=O) groups excluding carboxylic acids is 1. The fourth-order valence-corrected chi connectivity index (χ4v) is 1.19. The van der Waals surface area contributed by atoms with Crippen molar-refractivity contribution in [2.75, 3.05) is 13.1 Å². The minimum atomic E-state index is -0.0587. The molecule has 0 aromatic rings. The Labute approximate surface area is 85.5 Å². The first-order valence-corrected chi connectivity index (χ1v) is 4.85. The summed E-state index contributed by atoms with van der Waals surface area (Å²) in [6.07, 6.45) is 2.19. The molecule has 4 heteroatoms. The Morgan fingerprint density at radius 3 is 2.64 bits per heavy atom. The lowest BCUT2D eigenvalue weighted by Crippen LogP contribution is -2.26. The molecular weight excluding hydrogens is 178 g/mol. The van der Waals surface area contributed by atoms with Gasteiger partial charge in [-0.25, -0.2) is 0 Å². The lowest BCUT2D eigenvalue weighted by atomic mass is 9.84. The molecular formula is C10H19N3O. The van der Waals surface area contributed by atoms with Gasteiger partial charge in [0, 0.05) is 6.42 Å². The summed E-state index contributed by atoms with van der Waals surface area (Å²) < 4.78 is 0. The second kappa shape index (κ2) is 6.39. The van der Waals surface area contributed by atoms with Crippen molar-refractivity contribution in [3.63, 3.8) is 0 Å². The first-order chi connectivity index (χ1) is 6.52. The third-order valence-corrected chi connectivity index (χ3v) is 2.21. The van der Waals surface area contributed by atoms with Crippen LogP contribution in [0.5, 0.6) is 0 Å². The topological polar surface area (TPSA) is 78.9 Å². The van der Waals surface area contributed by atoms with Gasteiger partial charge in [-0.2, -0.15) is 5.26 Å². The molecule has 0 aliphatic heterocycles. The highest BCUT2D eigenvalue weighted by atomic mass is 16.1. The van der Waals surface area contributed by atoms with Crippen LogP contribution in [-0.4, -0.2) is 19.0 Å². The molecule has 80 valence electrons. The van der Waals surface area contributed by atoms with Gasteiger partial charge in [-0.3, -0.25) is 4.79 Å². The highest BCUT2D eigenvalue weighted by molar-refractivity contribution is 5.76. The van der Waals surface area contributed by atoms with E-state index in [2.05, 4.69) is 19.2 Å². The van der Waals surface area contributed by atoms with Crippen LogP contribution in [0.3, 0.4) is 0 Å². The number of hydrogen-bond donors (Lipinski definition) is 2. The van der Waals surface area contributed by atoms with Crippen molar-refractivity contribution in [1.82, 2.24) is 5.32 Å². The predicted molar refractivity (Wildman–Crippen MR) is 55.3 cm³/mol. The molecule has 0 aliphatic rings. The lowest BCUT2D eigenvalue weighted by Gasteiger charge is -2.23. The monoisotopic (exact) mass is 197 g/mol. The summed E-state index contributed by atoms with van der Waals surface area (Å²) in [5.41, 5.74) is 5.57. The highest BCUT2D eigenvalue weighted by Gasteiger charge is 2.17. The van der Waals surface area contributed by atoms with E-state index in [0.29, 0.717) is 13.0 Å². The molecule has 0 saturated carbocycles. The van der Waals surface area contributed by atoms with Crippen LogP contribution >= 0.6 is 0 Å². The van der Waals surface area contributed by atoms with Crippen molar-refractivity contribution in [3.8, 4) is 6.07 Å². The molecule has 0 fully saturated rings. The van der Waals surface area contributed by atoms with Crippen molar-refractivity contribution in [3.05, 3.63) is 0 Å². The van der Waals surface area contributed by atoms with Gasteiger partial charge >= 0.3 is 0 Å². The first-order valence-electron chi connectivity index (χ1n) is 4.85. The average Bonchev–Trinajstić information content (AvgIpc) is 2.11. The zero-order valence-electron chi connectivity index (χ0n) is 8.97. The van der Waals surface area contributed by atoms with Crippen LogP contribution in [0.1, 0.15) is 33.1 Å². The van der Waals surface area contributed by atoms with Gasteiger partial charge in [-0.05, 0) is 24.8 Å². The minimum Gasteiger partial charge on any atom is -0.343 e. The number of amides is 1. The molecule has 0 radical (unpaired) electrons. The van der Waals surface area contributed by atoms with E-state index in [9.17, 15) is 4.79 Å². The summed E-state index contributed by atoms with van der Waals surface area (Å²) in [7, 11) is 0. The van der Waals surface area contributed by atoms with Crippen LogP contribution in [0.25, 0.3) is 0 Å². The molecule has 0 heterocycles. The molecule has 0 spiro atoms. The molecule has 1 amide bonds. The quantitative estimate of drug-likeness (QED) is 0.618. The zero-order valence-corrected chi connectivity index (χ0v) is 8.97. The summed E-state index contributed by atoms with van der Waals surface area (Å²) in [5, 5.41) is 10.8. The number of carbonyl (C=O) groups is 1. The van der Waals surface area contributed by atoms with Crippen molar-refractivity contribution in [1.29, 1.82) is 5.26 Å². The number of hydrogen-bond acceptors (Lipinski definition) is 3.